The van der Waals surface area contributed by atoms with E-state index >= 15 is 0 Å². The Hall–Kier alpha value is -3.50. The quantitative estimate of drug-likeness (QED) is 0.425. The van der Waals surface area contributed by atoms with Crippen molar-refractivity contribution in [2.24, 2.45) is 0 Å². The van der Waals surface area contributed by atoms with Crippen LogP contribution in [-0.4, -0.2) is 18.9 Å². The summed E-state index contributed by atoms with van der Waals surface area (Å²) in [5.74, 6) is -0.778. The van der Waals surface area contributed by atoms with Crippen molar-refractivity contribution in [3.8, 4) is 11.8 Å². The van der Waals surface area contributed by atoms with Crippen molar-refractivity contribution in [1.29, 1.82) is 5.26 Å². The Balaban J connectivity index is 2.10. The predicted octanol–water partition coefficient (Wildman–Crippen LogP) is 2.71. The highest BCUT2D eigenvalue weighted by molar-refractivity contribution is 6.32. The molecule has 0 unspecified atom stereocenters. The van der Waals surface area contributed by atoms with Crippen LogP contribution in [0.3, 0.4) is 0 Å². The number of amides is 2. The highest BCUT2D eigenvalue weighted by Gasteiger charge is 2.13. The standard InChI is InChI=1S/C18H15ClN4O3/c1-26-16-7-6-12(8-14(16)19)23-17(24)11(9-20)10-22-18(25)13-4-2-3-5-15(13)21/h2-8,10H,21H2,1H3,(H,22,25)(H,23,24)/b11-10-. The molecule has 2 amide bonds. The molecule has 2 rings (SSSR count). The SMILES string of the molecule is COc1ccc(NC(=O)/C(C#N)=C\NC(=O)c2ccccc2N)cc1Cl. The van der Waals surface area contributed by atoms with Crippen LogP contribution in [0, 0.1) is 11.3 Å². The van der Waals surface area contributed by atoms with Gasteiger partial charge < -0.3 is 21.1 Å². The maximum absolute atomic E-state index is 12.2. The Morgan fingerprint density at radius 3 is 2.62 bits per heavy atom. The lowest BCUT2D eigenvalue weighted by atomic mass is 10.1. The first kappa shape index (κ1) is 18.8. The molecule has 0 spiro atoms. The molecule has 2 aromatic rings. The Kier molecular flexibility index (Phi) is 6.20. The van der Waals surface area contributed by atoms with Gasteiger partial charge in [0, 0.05) is 17.6 Å². The average Bonchev–Trinajstić information content (AvgIpc) is 2.62. The smallest absolute Gasteiger partial charge is 0.267 e. The number of nitrogens with one attached hydrogen (secondary N) is 2. The van der Waals surface area contributed by atoms with Gasteiger partial charge in [0.05, 0.1) is 17.7 Å². The maximum Gasteiger partial charge on any atom is 0.267 e. The van der Waals surface area contributed by atoms with Gasteiger partial charge in [-0.25, -0.2) is 0 Å². The molecular formula is C18H15ClN4O3. The fourth-order valence-electron chi connectivity index (χ4n) is 2.01. The van der Waals surface area contributed by atoms with E-state index in [0.717, 1.165) is 6.20 Å². The fourth-order valence-corrected chi connectivity index (χ4v) is 2.27. The van der Waals surface area contributed by atoms with Crippen LogP contribution in [0.25, 0.3) is 0 Å². The van der Waals surface area contributed by atoms with E-state index in [4.69, 9.17) is 27.3 Å². The number of hydrogen-bond acceptors (Lipinski definition) is 5. The van der Waals surface area contributed by atoms with Gasteiger partial charge in [-0.2, -0.15) is 5.26 Å². The van der Waals surface area contributed by atoms with E-state index in [1.807, 2.05) is 0 Å². The number of carbonyl (C=O) groups is 2. The number of nitriles is 1. The van der Waals surface area contributed by atoms with Crippen molar-refractivity contribution in [2.45, 2.75) is 0 Å². The van der Waals surface area contributed by atoms with Gasteiger partial charge in [-0.1, -0.05) is 23.7 Å². The summed E-state index contributed by atoms with van der Waals surface area (Å²) in [5.41, 5.74) is 6.32. The van der Waals surface area contributed by atoms with Crippen molar-refractivity contribution in [3.05, 3.63) is 64.8 Å². The van der Waals surface area contributed by atoms with Crippen molar-refractivity contribution < 1.29 is 14.3 Å². The largest absolute Gasteiger partial charge is 0.495 e. The molecule has 8 heteroatoms. The van der Waals surface area contributed by atoms with Gasteiger partial charge in [0.15, 0.2) is 0 Å². The molecule has 0 fully saturated rings. The van der Waals surface area contributed by atoms with Crippen LogP contribution in [0.15, 0.2) is 54.2 Å². The number of nitrogens with two attached hydrogens (primary N) is 1. The molecule has 0 aliphatic carbocycles. The van der Waals surface area contributed by atoms with Crippen molar-refractivity contribution in [1.82, 2.24) is 5.32 Å². The molecule has 0 aromatic heterocycles. The third kappa shape index (κ3) is 4.53. The highest BCUT2D eigenvalue weighted by atomic mass is 35.5. The van der Waals surface area contributed by atoms with Gasteiger partial charge in [0.25, 0.3) is 11.8 Å². The summed E-state index contributed by atoms with van der Waals surface area (Å²) in [6, 6.07) is 12.8. The lowest BCUT2D eigenvalue weighted by Crippen LogP contribution is -2.22. The Morgan fingerprint density at radius 2 is 2.00 bits per heavy atom. The molecule has 0 saturated carbocycles. The number of nitrogens with zero attached hydrogens (tertiary/aromatic N) is 1. The second kappa shape index (κ2) is 8.55. The first-order chi connectivity index (χ1) is 12.5. The molecule has 4 N–H and O–H groups in total. The zero-order chi connectivity index (χ0) is 19.1. The monoisotopic (exact) mass is 370 g/mol. The summed E-state index contributed by atoms with van der Waals surface area (Å²) in [7, 11) is 1.47. The molecule has 0 atom stereocenters. The van der Waals surface area contributed by atoms with Crippen LogP contribution in [0.5, 0.6) is 5.75 Å². The zero-order valence-electron chi connectivity index (χ0n) is 13.7. The van der Waals surface area contributed by atoms with Crippen LogP contribution in [0.4, 0.5) is 11.4 Å². The van der Waals surface area contributed by atoms with Crippen LogP contribution >= 0.6 is 11.6 Å². The number of halogens is 1. The van der Waals surface area contributed by atoms with Gasteiger partial charge in [-0.3, -0.25) is 9.59 Å². The first-order valence-corrected chi connectivity index (χ1v) is 7.74. The second-order valence-corrected chi connectivity index (χ2v) is 5.44. The number of ether oxygens (including phenoxy) is 1. The lowest BCUT2D eigenvalue weighted by Gasteiger charge is -2.08. The highest BCUT2D eigenvalue weighted by Crippen LogP contribution is 2.27. The lowest BCUT2D eigenvalue weighted by molar-refractivity contribution is -0.112. The number of carbonyl (C=O) groups excluding carboxylic acids is 2. The van der Waals surface area contributed by atoms with E-state index in [1.165, 1.54) is 19.2 Å². The Labute approximate surface area is 155 Å². The van der Waals surface area contributed by atoms with E-state index in [0.29, 0.717) is 16.5 Å². The number of anilines is 2. The summed E-state index contributed by atoms with van der Waals surface area (Å²) >= 11 is 5.99. The predicted molar refractivity (Wildman–Crippen MR) is 98.7 cm³/mol. The number of benzene rings is 2. The number of rotatable bonds is 5. The van der Waals surface area contributed by atoms with E-state index in [9.17, 15) is 9.59 Å². The van der Waals surface area contributed by atoms with Crippen LogP contribution in [-0.2, 0) is 4.79 Å². The molecular weight excluding hydrogens is 356 g/mol. The molecule has 0 aliphatic heterocycles. The number of para-hydroxylation sites is 1. The van der Waals surface area contributed by atoms with Gasteiger partial charge in [-0.05, 0) is 30.3 Å². The van der Waals surface area contributed by atoms with Crippen molar-refractivity contribution in [2.75, 3.05) is 18.2 Å². The van der Waals surface area contributed by atoms with Crippen LogP contribution in [0.1, 0.15) is 10.4 Å². The minimum atomic E-state index is -0.699. The first-order valence-electron chi connectivity index (χ1n) is 7.36. The van der Waals surface area contributed by atoms with Gasteiger partial charge >= 0.3 is 0 Å². The topological polar surface area (TPSA) is 117 Å². The Morgan fingerprint density at radius 1 is 1.27 bits per heavy atom. The molecule has 0 saturated heterocycles. The van der Waals surface area contributed by atoms with E-state index in [1.54, 1.807) is 36.4 Å². The average molecular weight is 371 g/mol. The number of nitrogen functional groups attached to an aromatic ring is 1. The number of hydrogen-bond donors (Lipinski definition) is 3. The Bertz CT molecular complexity index is 919. The zero-order valence-corrected chi connectivity index (χ0v) is 14.5. The van der Waals surface area contributed by atoms with Gasteiger partial charge in [0.1, 0.15) is 17.4 Å². The van der Waals surface area contributed by atoms with Crippen LogP contribution < -0.4 is 21.1 Å². The minimum absolute atomic E-state index is 0.239. The normalized spacial score (nSPS) is 10.6. The molecule has 2 aromatic carbocycles. The summed E-state index contributed by atoms with van der Waals surface area (Å²) in [6.07, 6.45) is 1.02. The molecule has 26 heavy (non-hydrogen) atoms. The van der Waals surface area contributed by atoms with E-state index in [2.05, 4.69) is 10.6 Å². The summed E-state index contributed by atoms with van der Waals surface area (Å²) in [6.45, 7) is 0. The molecule has 0 heterocycles. The molecule has 7 nitrogen and oxygen atoms in total. The minimum Gasteiger partial charge on any atom is -0.495 e. The van der Waals surface area contributed by atoms with Crippen LogP contribution in [0.2, 0.25) is 5.02 Å². The van der Waals surface area contributed by atoms with E-state index in [-0.39, 0.29) is 16.8 Å². The molecule has 0 bridgehead atoms. The van der Waals surface area contributed by atoms with Gasteiger partial charge in [-0.15, -0.1) is 0 Å². The number of methoxy groups -OCH3 is 1. The third-order valence-electron chi connectivity index (χ3n) is 3.33. The molecule has 132 valence electrons. The maximum atomic E-state index is 12.2. The van der Waals surface area contributed by atoms with E-state index < -0.39 is 11.8 Å². The summed E-state index contributed by atoms with van der Waals surface area (Å²) in [4.78, 5) is 24.2. The fraction of sp³-hybridized carbons (Fsp3) is 0.0556. The molecule has 0 radical (unpaired) electrons. The van der Waals surface area contributed by atoms with Crippen molar-refractivity contribution >= 4 is 34.8 Å². The molecule has 0 aliphatic rings. The van der Waals surface area contributed by atoms with Gasteiger partial charge in [0.2, 0.25) is 0 Å². The second-order valence-electron chi connectivity index (χ2n) is 5.03. The summed E-state index contributed by atoms with van der Waals surface area (Å²) < 4.78 is 5.02. The summed E-state index contributed by atoms with van der Waals surface area (Å²) in [5, 5.41) is 14.3. The third-order valence-corrected chi connectivity index (χ3v) is 3.62. The van der Waals surface area contributed by atoms with Crippen molar-refractivity contribution in [3.63, 3.8) is 0 Å².